The molecule has 1 rings (SSSR count). The van der Waals surface area contributed by atoms with E-state index in [1.807, 2.05) is 24.3 Å². The first-order valence-electron chi connectivity index (χ1n) is 4.50. The molecule has 2 atom stereocenters. The molecule has 0 bridgehead atoms. The van der Waals surface area contributed by atoms with Gasteiger partial charge in [0, 0.05) is 10.5 Å². The Morgan fingerprint density at radius 2 is 1.87 bits per heavy atom. The zero-order valence-corrected chi connectivity index (χ0v) is 9.65. The second-order valence-electron chi connectivity index (χ2n) is 3.34. The van der Waals surface area contributed by atoms with Gasteiger partial charge >= 0.3 is 5.97 Å². The molecule has 0 fully saturated rings. The molecule has 4 nitrogen and oxygen atoms in total. The van der Waals surface area contributed by atoms with Gasteiger partial charge in [-0.25, -0.2) is 0 Å². The SMILES string of the molecule is N[C@H](C[C@H](N)c1ccc(Br)cc1)C(=O)O. The summed E-state index contributed by atoms with van der Waals surface area (Å²) in [6, 6.07) is 6.17. The van der Waals surface area contributed by atoms with E-state index in [0.29, 0.717) is 0 Å². The van der Waals surface area contributed by atoms with E-state index in [4.69, 9.17) is 16.6 Å². The van der Waals surface area contributed by atoms with Gasteiger partial charge in [-0.15, -0.1) is 0 Å². The largest absolute Gasteiger partial charge is 0.480 e. The van der Waals surface area contributed by atoms with E-state index < -0.39 is 12.0 Å². The highest BCUT2D eigenvalue weighted by atomic mass is 79.9. The molecule has 0 spiro atoms. The minimum Gasteiger partial charge on any atom is -0.480 e. The maximum absolute atomic E-state index is 10.5. The monoisotopic (exact) mass is 272 g/mol. The lowest BCUT2D eigenvalue weighted by Crippen LogP contribution is -2.33. The summed E-state index contributed by atoms with van der Waals surface area (Å²) < 4.78 is 0.959. The van der Waals surface area contributed by atoms with Crippen molar-refractivity contribution in [3.8, 4) is 0 Å². The van der Waals surface area contributed by atoms with Gasteiger partial charge in [-0.05, 0) is 24.1 Å². The van der Waals surface area contributed by atoms with Gasteiger partial charge in [-0.3, -0.25) is 4.79 Å². The van der Waals surface area contributed by atoms with Crippen LogP contribution in [0.15, 0.2) is 28.7 Å². The molecule has 82 valence electrons. The van der Waals surface area contributed by atoms with Crippen molar-refractivity contribution in [2.75, 3.05) is 0 Å². The number of carboxylic acids is 1. The third kappa shape index (κ3) is 3.62. The normalized spacial score (nSPS) is 14.6. The van der Waals surface area contributed by atoms with Crippen molar-refractivity contribution < 1.29 is 9.90 Å². The Bertz CT molecular complexity index is 340. The number of carbonyl (C=O) groups is 1. The van der Waals surface area contributed by atoms with Gasteiger partial charge < -0.3 is 16.6 Å². The molecule has 15 heavy (non-hydrogen) atoms. The maximum atomic E-state index is 10.5. The van der Waals surface area contributed by atoms with E-state index in [2.05, 4.69) is 15.9 Å². The van der Waals surface area contributed by atoms with Gasteiger partial charge in [-0.2, -0.15) is 0 Å². The van der Waals surface area contributed by atoms with Gasteiger partial charge in [-0.1, -0.05) is 28.1 Å². The number of rotatable bonds is 4. The lowest BCUT2D eigenvalue weighted by molar-refractivity contribution is -0.138. The Kier molecular flexibility index (Phi) is 4.26. The Labute approximate surface area is 96.4 Å². The highest BCUT2D eigenvalue weighted by molar-refractivity contribution is 9.10. The molecule has 0 saturated carbocycles. The zero-order chi connectivity index (χ0) is 11.4. The van der Waals surface area contributed by atoms with E-state index in [0.717, 1.165) is 10.0 Å². The van der Waals surface area contributed by atoms with Crippen LogP contribution in [0.1, 0.15) is 18.0 Å². The number of nitrogens with two attached hydrogens (primary N) is 2. The minimum absolute atomic E-state index is 0.233. The highest BCUT2D eigenvalue weighted by Gasteiger charge is 2.16. The van der Waals surface area contributed by atoms with Crippen LogP contribution in [0, 0.1) is 0 Å². The molecule has 1 aromatic rings. The highest BCUT2D eigenvalue weighted by Crippen LogP contribution is 2.18. The third-order valence-corrected chi connectivity index (χ3v) is 2.65. The predicted molar refractivity (Wildman–Crippen MR) is 61.3 cm³/mol. The molecule has 0 aliphatic heterocycles. The van der Waals surface area contributed by atoms with Crippen LogP contribution in [0.2, 0.25) is 0 Å². The molecule has 0 saturated heterocycles. The minimum atomic E-state index is -1.03. The van der Waals surface area contributed by atoms with Gasteiger partial charge in [0.2, 0.25) is 0 Å². The first-order chi connectivity index (χ1) is 7.00. The van der Waals surface area contributed by atoms with E-state index in [-0.39, 0.29) is 12.5 Å². The molecule has 0 amide bonds. The smallest absolute Gasteiger partial charge is 0.320 e. The van der Waals surface area contributed by atoms with Crippen molar-refractivity contribution in [3.63, 3.8) is 0 Å². The molecule has 5 N–H and O–H groups in total. The fourth-order valence-corrected chi connectivity index (χ4v) is 1.48. The van der Waals surface area contributed by atoms with Crippen LogP contribution in [-0.2, 0) is 4.79 Å². The summed E-state index contributed by atoms with van der Waals surface area (Å²) in [5, 5.41) is 8.63. The second kappa shape index (κ2) is 5.25. The first-order valence-corrected chi connectivity index (χ1v) is 5.29. The van der Waals surface area contributed by atoms with Crippen LogP contribution < -0.4 is 11.5 Å². The van der Waals surface area contributed by atoms with Crippen LogP contribution in [0.5, 0.6) is 0 Å². The second-order valence-corrected chi connectivity index (χ2v) is 4.25. The number of hydrogen-bond donors (Lipinski definition) is 3. The van der Waals surface area contributed by atoms with Crippen LogP contribution in [0.4, 0.5) is 0 Å². The Hall–Kier alpha value is -0.910. The topological polar surface area (TPSA) is 89.3 Å². The van der Waals surface area contributed by atoms with Crippen molar-refractivity contribution in [2.45, 2.75) is 18.5 Å². The van der Waals surface area contributed by atoms with Crippen molar-refractivity contribution in [1.82, 2.24) is 0 Å². The molecular weight excluding hydrogens is 260 g/mol. The molecule has 0 unspecified atom stereocenters. The van der Waals surface area contributed by atoms with E-state index >= 15 is 0 Å². The maximum Gasteiger partial charge on any atom is 0.320 e. The van der Waals surface area contributed by atoms with Crippen LogP contribution >= 0.6 is 15.9 Å². The van der Waals surface area contributed by atoms with Crippen molar-refractivity contribution >= 4 is 21.9 Å². The van der Waals surface area contributed by atoms with Crippen LogP contribution in [0.25, 0.3) is 0 Å². The average Bonchev–Trinajstić information content (AvgIpc) is 2.18. The Morgan fingerprint density at radius 1 is 1.33 bits per heavy atom. The quantitative estimate of drug-likeness (QED) is 0.770. The molecule has 0 aliphatic rings. The summed E-state index contributed by atoms with van der Waals surface area (Å²) in [6.07, 6.45) is 0.233. The average molecular weight is 273 g/mol. The molecule has 0 aliphatic carbocycles. The van der Waals surface area contributed by atoms with Crippen molar-refractivity contribution in [2.24, 2.45) is 11.5 Å². The summed E-state index contributed by atoms with van der Waals surface area (Å²) in [5.74, 6) is -1.03. The summed E-state index contributed by atoms with van der Waals surface area (Å²) in [4.78, 5) is 10.5. The number of benzene rings is 1. The molecule has 0 radical (unpaired) electrons. The van der Waals surface area contributed by atoms with E-state index in [1.165, 1.54) is 0 Å². The third-order valence-electron chi connectivity index (χ3n) is 2.12. The van der Waals surface area contributed by atoms with Crippen LogP contribution in [-0.4, -0.2) is 17.1 Å². The predicted octanol–water partition coefficient (Wildman–Crippen LogP) is 1.25. The summed E-state index contributed by atoms with van der Waals surface area (Å²) >= 11 is 3.31. The summed E-state index contributed by atoms with van der Waals surface area (Å²) in [7, 11) is 0. The molecule has 0 aromatic heterocycles. The molecule has 5 heteroatoms. The number of carboxylic acid groups (broad SMARTS) is 1. The van der Waals surface area contributed by atoms with Gasteiger partial charge in [0.05, 0.1) is 0 Å². The number of aliphatic carboxylic acids is 1. The van der Waals surface area contributed by atoms with Gasteiger partial charge in [0.25, 0.3) is 0 Å². The molecular formula is C10H13BrN2O2. The van der Waals surface area contributed by atoms with E-state index in [9.17, 15) is 4.79 Å². The Balaban J connectivity index is 2.64. The lowest BCUT2D eigenvalue weighted by Gasteiger charge is -2.14. The lowest BCUT2D eigenvalue weighted by atomic mass is 10.0. The van der Waals surface area contributed by atoms with Crippen molar-refractivity contribution in [3.05, 3.63) is 34.3 Å². The first kappa shape index (κ1) is 12.2. The summed E-state index contributed by atoms with van der Waals surface area (Å²) in [6.45, 7) is 0. The molecule has 1 aromatic carbocycles. The van der Waals surface area contributed by atoms with Crippen LogP contribution in [0.3, 0.4) is 0 Å². The van der Waals surface area contributed by atoms with Gasteiger partial charge in [0.15, 0.2) is 0 Å². The standard InChI is InChI=1S/C10H13BrN2O2/c11-7-3-1-6(2-4-7)8(12)5-9(13)10(14)15/h1-4,8-9H,5,12-13H2,(H,14,15)/t8-,9+/m0/s1. The van der Waals surface area contributed by atoms with E-state index in [1.54, 1.807) is 0 Å². The zero-order valence-electron chi connectivity index (χ0n) is 8.06. The fraction of sp³-hybridized carbons (Fsp3) is 0.300. The Morgan fingerprint density at radius 3 is 2.33 bits per heavy atom. The number of halogens is 1. The summed E-state index contributed by atoms with van der Waals surface area (Å²) in [5.41, 5.74) is 12.1. The number of hydrogen-bond acceptors (Lipinski definition) is 3. The van der Waals surface area contributed by atoms with Crippen molar-refractivity contribution in [1.29, 1.82) is 0 Å². The van der Waals surface area contributed by atoms with Gasteiger partial charge in [0.1, 0.15) is 6.04 Å². The molecule has 0 heterocycles. The fourth-order valence-electron chi connectivity index (χ4n) is 1.22.